The van der Waals surface area contributed by atoms with Crippen LogP contribution in [0.5, 0.6) is 0 Å². The Bertz CT molecular complexity index is 458. The van der Waals surface area contributed by atoms with E-state index < -0.39 is 0 Å². The molecule has 14 heavy (non-hydrogen) atoms. The molecule has 0 amide bonds. The lowest BCUT2D eigenvalue weighted by Crippen LogP contribution is -2.22. The van der Waals surface area contributed by atoms with E-state index in [2.05, 4.69) is 26.3 Å². The van der Waals surface area contributed by atoms with Crippen LogP contribution in [0.4, 0.5) is 0 Å². The third-order valence-corrected chi connectivity index (χ3v) is 2.05. The second kappa shape index (κ2) is 3.97. The molecule has 1 aromatic heterocycles. The fourth-order valence-corrected chi connectivity index (χ4v) is 1.28. The molecular weight excluding hydrogens is 170 g/mol. The van der Waals surface area contributed by atoms with Gasteiger partial charge < -0.3 is 4.57 Å². The van der Waals surface area contributed by atoms with Gasteiger partial charge in [0.15, 0.2) is 0 Å². The lowest BCUT2D eigenvalue weighted by atomic mass is 10.2. The van der Waals surface area contributed by atoms with E-state index in [0.717, 1.165) is 22.0 Å². The first kappa shape index (κ1) is 10.3. The Morgan fingerprint density at radius 3 is 2.21 bits per heavy atom. The number of nitrogens with zero attached hydrogens (tertiary/aromatic N) is 1. The lowest BCUT2D eigenvalue weighted by molar-refractivity contribution is 1.04. The van der Waals surface area contributed by atoms with Crippen molar-refractivity contribution >= 4 is 18.9 Å². The van der Waals surface area contributed by atoms with Gasteiger partial charge in [-0.2, -0.15) is 0 Å². The molecule has 1 rings (SSSR count). The highest BCUT2D eigenvalue weighted by molar-refractivity contribution is 5.57. The van der Waals surface area contributed by atoms with Crippen LogP contribution in [0.3, 0.4) is 0 Å². The predicted octanol–water partition coefficient (Wildman–Crippen LogP) is 1.91. The minimum absolute atomic E-state index is 0.863. The number of hydrogen-bond acceptors (Lipinski definition) is 0. The number of aromatic nitrogens is 1. The SMILES string of the molecule is C=C/C(C)=C\C(=C)n1c(=C)ccc1=C. The second-order valence-corrected chi connectivity index (χ2v) is 3.24. The largest absolute Gasteiger partial charge is 0.312 e. The maximum atomic E-state index is 3.97. The van der Waals surface area contributed by atoms with Gasteiger partial charge in [0.25, 0.3) is 0 Å². The molecule has 0 aliphatic heterocycles. The van der Waals surface area contributed by atoms with E-state index in [1.165, 1.54) is 0 Å². The van der Waals surface area contributed by atoms with Crippen LogP contribution in [-0.2, 0) is 0 Å². The summed E-state index contributed by atoms with van der Waals surface area (Å²) >= 11 is 0. The highest BCUT2D eigenvalue weighted by Crippen LogP contribution is 2.02. The molecule has 1 heterocycles. The van der Waals surface area contributed by atoms with Gasteiger partial charge in [0, 0.05) is 16.4 Å². The highest BCUT2D eigenvalue weighted by atomic mass is 15.0. The van der Waals surface area contributed by atoms with Gasteiger partial charge in [-0.1, -0.05) is 32.4 Å². The molecule has 72 valence electrons. The van der Waals surface area contributed by atoms with Crippen molar-refractivity contribution in [2.45, 2.75) is 6.92 Å². The van der Waals surface area contributed by atoms with Gasteiger partial charge in [0.1, 0.15) is 0 Å². The first-order valence-electron chi connectivity index (χ1n) is 4.42. The van der Waals surface area contributed by atoms with Crippen molar-refractivity contribution < 1.29 is 0 Å². The fraction of sp³-hybridized carbons (Fsp3) is 0.0769. The first-order chi connectivity index (χ1) is 6.56. The summed E-state index contributed by atoms with van der Waals surface area (Å²) < 4.78 is 1.91. The molecule has 1 aromatic rings. The van der Waals surface area contributed by atoms with Crippen LogP contribution in [0.1, 0.15) is 6.92 Å². The van der Waals surface area contributed by atoms with Gasteiger partial charge in [0.2, 0.25) is 0 Å². The Labute approximate surface area is 84.7 Å². The normalized spacial score (nSPS) is 11.4. The van der Waals surface area contributed by atoms with Crippen molar-refractivity contribution in [3.05, 3.63) is 53.7 Å². The quantitative estimate of drug-likeness (QED) is 0.634. The standard InChI is InChI=1S/C13H15N/c1-6-10(2)9-13(5)14-11(3)7-8-12(14)4/h6-9H,1,3-5H2,2H3/b10-9-. The molecule has 0 unspecified atom stereocenters. The molecule has 0 aromatic carbocycles. The van der Waals surface area contributed by atoms with Crippen LogP contribution in [-0.4, -0.2) is 4.57 Å². The first-order valence-corrected chi connectivity index (χ1v) is 4.42. The Balaban J connectivity index is 3.20. The van der Waals surface area contributed by atoms with Gasteiger partial charge in [-0.3, -0.25) is 0 Å². The molecule has 1 nitrogen and oxygen atoms in total. The van der Waals surface area contributed by atoms with Crippen LogP contribution in [0.2, 0.25) is 0 Å². The third-order valence-electron chi connectivity index (χ3n) is 2.05. The van der Waals surface area contributed by atoms with Gasteiger partial charge >= 0.3 is 0 Å². The number of allylic oxidation sites excluding steroid dienone is 4. The second-order valence-electron chi connectivity index (χ2n) is 3.24. The van der Waals surface area contributed by atoms with Crippen molar-refractivity contribution in [2.75, 3.05) is 0 Å². The van der Waals surface area contributed by atoms with E-state index in [9.17, 15) is 0 Å². The molecule has 0 aliphatic rings. The van der Waals surface area contributed by atoms with E-state index in [0.29, 0.717) is 0 Å². The minimum atomic E-state index is 0.863. The van der Waals surface area contributed by atoms with Gasteiger partial charge in [0.05, 0.1) is 0 Å². The molecule has 0 N–H and O–H groups in total. The highest BCUT2D eigenvalue weighted by Gasteiger charge is 1.95. The minimum Gasteiger partial charge on any atom is -0.312 e. The topological polar surface area (TPSA) is 4.93 Å². The lowest BCUT2D eigenvalue weighted by Gasteiger charge is -2.04. The molecule has 0 bridgehead atoms. The monoisotopic (exact) mass is 185 g/mol. The molecule has 0 radical (unpaired) electrons. The summed E-state index contributed by atoms with van der Waals surface area (Å²) in [4.78, 5) is 0. The van der Waals surface area contributed by atoms with E-state index in [4.69, 9.17) is 0 Å². The van der Waals surface area contributed by atoms with Crippen LogP contribution in [0, 0.1) is 0 Å². The average molecular weight is 185 g/mol. The Kier molecular flexibility index (Phi) is 2.92. The number of rotatable bonds is 3. The fourth-order valence-electron chi connectivity index (χ4n) is 1.28. The zero-order valence-corrected chi connectivity index (χ0v) is 8.59. The van der Waals surface area contributed by atoms with Gasteiger partial charge in [-0.15, -0.1) is 0 Å². The molecule has 1 heteroatoms. The van der Waals surface area contributed by atoms with E-state index in [1.54, 1.807) is 6.08 Å². The van der Waals surface area contributed by atoms with Gasteiger partial charge in [-0.05, 0) is 30.7 Å². The summed E-state index contributed by atoms with van der Waals surface area (Å²) in [6.07, 6.45) is 3.75. The predicted molar refractivity (Wildman–Crippen MR) is 64.0 cm³/mol. The summed E-state index contributed by atoms with van der Waals surface area (Å²) in [5, 5.41) is 1.79. The summed E-state index contributed by atoms with van der Waals surface area (Å²) in [6.45, 7) is 17.4. The molecule has 0 fully saturated rings. The zero-order chi connectivity index (χ0) is 10.7. The van der Waals surface area contributed by atoms with Crippen LogP contribution >= 0.6 is 0 Å². The smallest absolute Gasteiger partial charge is 0.0391 e. The van der Waals surface area contributed by atoms with Crippen LogP contribution in [0.15, 0.2) is 43.0 Å². The molecule has 0 spiro atoms. The maximum absolute atomic E-state index is 3.97. The maximum Gasteiger partial charge on any atom is 0.0391 e. The van der Waals surface area contributed by atoms with Crippen LogP contribution < -0.4 is 10.7 Å². The van der Waals surface area contributed by atoms with E-state index in [1.807, 2.05) is 29.7 Å². The molecule has 0 saturated carbocycles. The average Bonchev–Trinajstić information content (AvgIpc) is 2.46. The molecule has 0 atom stereocenters. The summed E-state index contributed by atoms with van der Waals surface area (Å²) in [7, 11) is 0. The molecular formula is C13H15N. The molecule has 0 saturated heterocycles. The van der Waals surface area contributed by atoms with Crippen LogP contribution in [0.25, 0.3) is 18.9 Å². The Morgan fingerprint density at radius 1 is 1.29 bits per heavy atom. The van der Waals surface area contributed by atoms with Crippen molar-refractivity contribution in [1.29, 1.82) is 0 Å². The van der Waals surface area contributed by atoms with Crippen molar-refractivity contribution in [2.24, 2.45) is 0 Å². The van der Waals surface area contributed by atoms with Crippen molar-refractivity contribution in [1.82, 2.24) is 4.57 Å². The third kappa shape index (κ3) is 1.94. The van der Waals surface area contributed by atoms with Gasteiger partial charge in [-0.25, -0.2) is 0 Å². The zero-order valence-electron chi connectivity index (χ0n) is 8.59. The van der Waals surface area contributed by atoms with Crippen molar-refractivity contribution in [3.63, 3.8) is 0 Å². The van der Waals surface area contributed by atoms with E-state index in [-0.39, 0.29) is 0 Å². The van der Waals surface area contributed by atoms with Crippen molar-refractivity contribution in [3.8, 4) is 0 Å². The summed E-state index contributed by atoms with van der Waals surface area (Å²) in [5.41, 5.74) is 1.94. The summed E-state index contributed by atoms with van der Waals surface area (Å²) in [5.74, 6) is 0. The molecule has 0 aliphatic carbocycles. The van der Waals surface area contributed by atoms with E-state index >= 15 is 0 Å². The summed E-state index contributed by atoms with van der Waals surface area (Å²) in [6, 6.07) is 3.84. The number of hydrogen-bond donors (Lipinski definition) is 0. The Hall–Kier alpha value is -1.76. The Morgan fingerprint density at radius 2 is 1.79 bits per heavy atom.